The van der Waals surface area contributed by atoms with Crippen LogP contribution in [0.1, 0.15) is 17.4 Å². The van der Waals surface area contributed by atoms with Crippen LogP contribution in [0, 0.1) is 0 Å². The number of hydrogen-bond acceptors (Lipinski definition) is 10. The van der Waals surface area contributed by atoms with Gasteiger partial charge in [-0.2, -0.15) is 0 Å². The number of halogens is 1. The van der Waals surface area contributed by atoms with Gasteiger partial charge in [-0.05, 0) is 29.8 Å². The molecular formula is C28H26ClN5O5S. The van der Waals surface area contributed by atoms with Gasteiger partial charge in [0.1, 0.15) is 40.1 Å². The van der Waals surface area contributed by atoms with E-state index in [2.05, 4.69) is 25.6 Å². The molecule has 4 aromatic rings. The van der Waals surface area contributed by atoms with Crippen LogP contribution >= 0.6 is 11.6 Å². The van der Waals surface area contributed by atoms with E-state index in [9.17, 15) is 13.2 Å². The first-order valence-corrected chi connectivity index (χ1v) is 14.8. The number of anilines is 2. The molecule has 5 rings (SSSR count). The summed E-state index contributed by atoms with van der Waals surface area (Å²) in [4.78, 5) is 25.7. The summed E-state index contributed by atoms with van der Waals surface area (Å²) in [5, 5.41) is 7.31. The van der Waals surface area contributed by atoms with Crippen LogP contribution in [-0.4, -0.2) is 54.3 Å². The number of ether oxygens (including phenoxy) is 2. The number of nitrogens with zero attached hydrogens (tertiary/aromatic N) is 3. The first kappa shape index (κ1) is 27.5. The predicted octanol–water partition coefficient (Wildman–Crippen LogP) is 4.16. The highest BCUT2D eigenvalue weighted by molar-refractivity contribution is 7.90. The molecular weight excluding hydrogens is 554 g/mol. The summed E-state index contributed by atoms with van der Waals surface area (Å²) in [5.74, 6) is 1.21. The molecule has 1 aliphatic rings. The first-order chi connectivity index (χ1) is 19.2. The lowest BCUT2D eigenvalue weighted by molar-refractivity contribution is -0.121. The minimum absolute atomic E-state index is 0.00564. The van der Waals surface area contributed by atoms with Gasteiger partial charge in [-0.15, -0.1) is 0 Å². The van der Waals surface area contributed by atoms with Crippen molar-refractivity contribution in [3.63, 3.8) is 0 Å². The van der Waals surface area contributed by atoms with Gasteiger partial charge in [-0.3, -0.25) is 9.78 Å². The van der Waals surface area contributed by atoms with Gasteiger partial charge in [0.05, 0.1) is 34.7 Å². The predicted molar refractivity (Wildman–Crippen MR) is 152 cm³/mol. The van der Waals surface area contributed by atoms with E-state index < -0.39 is 15.9 Å². The average Bonchev–Trinajstić information content (AvgIpc) is 3.31. The van der Waals surface area contributed by atoms with E-state index in [0.717, 1.165) is 5.56 Å². The second kappa shape index (κ2) is 12.0. The van der Waals surface area contributed by atoms with Crippen LogP contribution in [0.25, 0.3) is 10.9 Å². The Morgan fingerprint density at radius 1 is 1.07 bits per heavy atom. The first-order valence-electron chi connectivity index (χ1n) is 12.4. The number of aromatic nitrogens is 3. The molecule has 2 N–H and O–H groups in total. The molecule has 1 unspecified atom stereocenters. The average molecular weight is 580 g/mol. The van der Waals surface area contributed by atoms with Gasteiger partial charge < -0.3 is 20.1 Å². The Balaban J connectivity index is 1.28. The zero-order valence-electron chi connectivity index (χ0n) is 21.5. The molecule has 206 valence electrons. The molecule has 12 heteroatoms. The highest BCUT2D eigenvalue weighted by atomic mass is 35.5. The van der Waals surface area contributed by atoms with Crippen molar-refractivity contribution in [3.8, 4) is 5.75 Å². The maximum absolute atomic E-state index is 12.7. The molecule has 0 radical (unpaired) electrons. The van der Waals surface area contributed by atoms with Crippen LogP contribution in [0.15, 0.2) is 79.0 Å². The van der Waals surface area contributed by atoms with Crippen molar-refractivity contribution >= 4 is 49.6 Å². The zero-order chi connectivity index (χ0) is 28.1. The summed E-state index contributed by atoms with van der Waals surface area (Å²) in [6.07, 6.45) is 4.63. The third-order valence-electron chi connectivity index (χ3n) is 6.02. The monoisotopic (exact) mass is 579 g/mol. The smallest absolute Gasteiger partial charge is 0.205 e. The van der Waals surface area contributed by atoms with Crippen LogP contribution in [0.5, 0.6) is 5.75 Å². The number of rotatable bonds is 11. The van der Waals surface area contributed by atoms with Crippen molar-refractivity contribution in [2.45, 2.75) is 12.7 Å². The van der Waals surface area contributed by atoms with Crippen LogP contribution in [0.3, 0.4) is 0 Å². The lowest BCUT2D eigenvalue weighted by atomic mass is 10.1. The molecule has 1 aliphatic heterocycles. The maximum Gasteiger partial charge on any atom is 0.205 e. The third kappa shape index (κ3) is 6.92. The topological polar surface area (TPSA) is 132 Å². The van der Waals surface area contributed by atoms with Crippen LogP contribution in [-0.2, 0) is 26.0 Å². The lowest BCUT2D eigenvalue weighted by Gasteiger charge is -2.14. The maximum atomic E-state index is 12.7. The number of pyridine rings is 1. The quantitative estimate of drug-likeness (QED) is 0.250. The van der Waals surface area contributed by atoms with Crippen LogP contribution < -0.4 is 15.4 Å². The molecule has 0 bridgehead atoms. The summed E-state index contributed by atoms with van der Waals surface area (Å²) < 4.78 is 34.3. The minimum Gasteiger partial charge on any atom is -0.487 e. The Bertz CT molecular complexity index is 1680. The standard InChI is InChI=1S/C28H26ClN5O5S/c1-40(36,37)10-9-30-14-20-12-25(35)27(39-20)23-13-21-24(15-31-23)32-17-33-28(21)34-19-7-8-26(22(29)11-19)38-16-18-5-3-2-4-6-18/h2-8,11-13,15,17,27,30H,9-10,14,16H2,1H3,(H,32,33,34). The molecule has 1 atom stereocenters. The minimum atomic E-state index is -3.08. The van der Waals surface area contributed by atoms with Gasteiger partial charge in [-0.25, -0.2) is 18.4 Å². The number of nitrogens with one attached hydrogen (secondary N) is 2. The number of fused-ring (bicyclic) bond motifs is 1. The summed E-state index contributed by atoms with van der Waals surface area (Å²) in [5.41, 5.74) is 2.71. The van der Waals surface area contributed by atoms with Crippen LogP contribution in [0.2, 0.25) is 5.02 Å². The van der Waals surface area contributed by atoms with Crippen molar-refractivity contribution in [2.24, 2.45) is 0 Å². The molecule has 2 aromatic heterocycles. The van der Waals surface area contributed by atoms with Gasteiger partial charge in [0.25, 0.3) is 0 Å². The highest BCUT2D eigenvalue weighted by Gasteiger charge is 2.30. The third-order valence-corrected chi connectivity index (χ3v) is 7.26. The molecule has 10 nitrogen and oxygen atoms in total. The van der Waals surface area contributed by atoms with E-state index in [4.69, 9.17) is 21.1 Å². The number of ketones is 1. The van der Waals surface area contributed by atoms with Crippen molar-refractivity contribution in [1.29, 1.82) is 0 Å². The molecule has 0 spiro atoms. The molecule has 0 amide bonds. The fourth-order valence-electron chi connectivity index (χ4n) is 4.03. The molecule has 0 fully saturated rings. The molecule has 0 saturated heterocycles. The van der Waals surface area contributed by atoms with Gasteiger partial charge in [0.2, 0.25) is 11.9 Å². The van der Waals surface area contributed by atoms with Gasteiger partial charge >= 0.3 is 0 Å². The molecule has 3 heterocycles. The Hall–Kier alpha value is -4.06. The molecule has 2 aromatic carbocycles. The summed E-state index contributed by atoms with van der Waals surface area (Å²) in [6.45, 7) is 0.880. The van der Waals surface area contributed by atoms with Crippen molar-refractivity contribution in [2.75, 3.05) is 30.4 Å². The largest absolute Gasteiger partial charge is 0.487 e. The molecule has 0 aliphatic carbocycles. The second-order valence-corrected chi connectivity index (χ2v) is 11.9. The van der Waals surface area contributed by atoms with Crippen molar-refractivity contribution in [1.82, 2.24) is 20.3 Å². The van der Waals surface area contributed by atoms with E-state index in [1.807, 2.05) is 36.4 Å². The number of carbonyl (C=O) groups excluding carboxylic acids is 1. The van der Waals surface area contributed by atoms with Gasteiger partial charge in [0, 0.05) is 30.0 Å². The normalized spacial score (nSPS) is 15.1. The SMILES string of the molecule is CS(=O)(=O)CCNCC1=CC(=O)C(c2cc3c(Nc4ccc(OCc5ccccc5)c(Cl)c4)ncnc3cn2)O1. The van der Waals surface area contributed by atoms with Crippen LogP contribution in [0.4, 0.5) is 11.5 Å². The lowest BCUT2D eigenvalue weighted by Crippen LogP contribution is -2.24. The number of benzene rings is 2. The molecule has 40 heavy (non-hydrogen) atoms. The fraction of sp³-hybridized carbons (Fsp3) is 0.214. The van der Waals surface area contributed by atoms with Gasteiger partial charge in [-0.1, -0.05) is 41.9 Å². The Morgan fingerprint density at radius 3 is 2.67 bits per heavy atom. The molecule has 0 saturated carbocycles. The van der Waals surface area contributed by atoms with E-state index in [0.29, 0.717) is 51.2 Å². The number of carbonyl (C=O) groups is 1. The zero-order valence-corrected chi connectivity index (χ0v) is 23.1. The Labute approximate surface area is 236 Å². The summed E-state index contributed by atoms with van der Waals surface area (Å²) in [7, 11) is -3.08. The second-order valence-electron chi connectivity index (χ2n) is 9.21. The van der Waals surface area contributed by atoms with E-state index >= 15 is 0 Å². The van der Waals surface area contributed by atoms with E-state index in [-0.39, 0.29) is 24.6 Å². The fourth-order valence-corrected chi connectivity index (χ4v) is 4.78. The van der Waals surface area contributed by atoms with Crippen molar-refractivity contribution in [3.05, 3.63) is 95.2 Å². The van der Waals surface area contributed by atoms with Crippen molar-refractivity contribution < 1.29 is 22.7 Å². The van der Waals surface area contributed by atoms with Gasteiger partial charge in [0.15, 0.2) is 0 Å². The summed E-state index contributed by atoms with van der Waals surface area (Å²) >= 11 is 6.49. The number of sulfone groups is 1. The van der Waals surface area contributed by atoms with E-state index in [1.165, 1.54) is 18.7 Å². The Kier molecular flexibility index (Phi) is 8.24. The summed E-state index contributed by atoms with van der Waals surface area (Å²) in [6, 6.07) is 16.9. The number of hydrogen-bond donors (Lipinski definition) is 2. The van der Waals surface area contributed by atoms with E-state index in [1.54, 1.807) is 24.4 Å². The Morgan fingerprint density at radius 2 is 1.90 bits per heavy atom. The highest BCUT2D eigenvalue weighted by Crippen LogP contribution is 2.33.